The molecule has 0 N–H and O–H groups in total. The molecule has 0 atom stereocenters. The predicted molar refractivity (Wildman–Crippen MR) is 204 cm³/mol. The topological polar surface area (TPSA) is 43.6 Å². The van der Waals surface area contributed by atoms with Crippen molar-refractivity contribution in [1.29, 1.82) is 0 Å². The maximum atomic E-state index is 4.86. The number of aromatic nitrogens is 4. The van der Waals surface area contributed by atoms with Gasteiger partial charge < -0.3 is 4.57 Å². The smallest absolute Gasteiger partial charge is 0.163 e. The van der Waals surface area contributed by atoms with Gasteiger partial charge in [0.2, 0.25) is 0 Å². The Morgan fingerprint density at radius 1 is 0.429 bits per heavy atom. The van der Waals surface area contributed by atoms with Crippen LogP contribution >= 0.6 is 0 Å². The normalized spacial score (nSPS) is 11.5. The summed E-state index contributed by atoms with van der Waals surface area (Å²) in [5.41, 5.74) is 18.2. The van der Waals surface area contributed by atoms with Gasteiger partial charge in [-0.1, -0.05) is 78.9 Å². The molecular formula is C45H38N4. The van der Waals surface area contributed by atoms with Gasteiger partial charge in [0.15, 0.2) is 11.6 Å². The van der Waals surface area contributed by atoms with Crippen molar-refractivity contribution >= 4 is 21.8 Å². The van der Waals surface area contributed by atoms with Gasteiger partial charge >= 0.3 is 0 Å². The molecule has 0 saturated carbocycles. The summed E-state index contributed by atoms with van der Waals surface area (Å²) in [6, 6.07) is 41.4. The van der Waals surface area contributed by atoms with Crippen molar-refractivity contribution in [2.45, 2.75) is 41.5 Å². The Balaban J connectivity index is 1.35. The van der Waals surface area contributed by atoms with Crippen LogP contribution in [0, 0.1) is 41.5 Å². The lowest BCUT2D eigenvalue weighted by Crippen LogP contribution is -2.02. The van der Waals surface area contributed by atoms with Crippen molar-refractivity contribution in [3.8, 4) is 50.7 Å². The molecule has 49 heavy (non-hydrogen) atoms. The van der Waals surface area contributed by atoms with E-state index >= 15 is 0 Å². The quantitative estimate of drug-likeness (QED) is 0.189. The fraction of sp³-hybridized carbons (Fsp3) is 0.133. The highest BCUT2D eigenvalue weighted by Crippen LogP contribution is 2.41. The maximum absolute atomic E-state index is 4.86. The molecule has 0 bridgehead atoms. The minimum Gasteiger partial charge on any atom is -0.309 e. The molecule has 0 aliphatic heterocycles. The van der Waals surface area contributed by atoms with Gasteiger partial charge in [-0.05, 0) is 134 Å². The van der Waals surface area contributed by atoms with Gasteiger partial charge in [-0.3, -0.25) is 0 Å². The van der Waals surface area contributed by atoms with Crippen molar-refractivity contribution < 1.29 is 0 Å². The Morgan fingerprint density at radius 2 is 0.939 bits per heavy atom. The molecule has 0 aliphatic rings. The van der Waals surface area contributed by atoms with E-state index in [1.165, 1.54) is 72.0 Å². The maximum Gasteiger partial charge on any atom is 0.163 e. The van der Waals surface area contributed by atoms with Crippen LogP contribution in [-0.2, 0) is 0 Å². The Hall–Kier alpha value is -5.87. The first kappa shape index (κ1) is 30.5. The average Bonchev–Trinajstić information content (AvgIpc) is 3.44. The first-order chi connectivity index (χ1) is 23.8. The van der Waals surface area contributed by atoms with Gasteiger partial charge in [0, 0.05) is 21.9 Å². The van der Waals surface area contributed by atoms with Crippen LogP contribution in [-0.4, -0.2) is 19.5 Å². The number of nitrogens with zero attached hydrogens (tertiary/aromatic N) is 4. The predicted octanol–water partition coefficient (Wildman–Crippen LogP) is 11.5. The first-order valence-electron chi connectivity index (χ1n) is 16.9. The summed E-state index contributed by atoms with van der Waals surface area (Å²) in [5.74, 6) is 1.34. The Morgan fingerprint density at radius 3 is 1.53 bits per heavy atom. The number of fused-ring (bicyclic) bond motifs is 3. The van der Waals surface area contributed by atoms with Gasteiger partial charge in [-0.15, -0.1) is 0 Å². The monoisotopic (exact) mass is 634 g/mol. The molecule has 0 unspecified atom stereocenters. The minimum absolute atomic E-state index is 0.671. The minimum atomic E-state index is 0.671. The summed E-state index contributed by atoms with van der Waals surface area (Å²) in [7, 11) is 0. The van der Waals surface area contributed by atoms with Crippen LogP contribution < -0.4 is 0 Å². The molecule has 0 fully saturated rings. The summed E-state index contributed by atoms with van der Waals surface area (Å²) >= 11 is 0. The van der Waals surface area contributed by atoms with E-state index in [4.69, 9.17) is 4.98 Å². The number of hydrogen-bond donors (Lipinski definition) is 0. The van der Waals surface area contributed by atoms with Gasteiger partial charge in [-0.25, -0.2) is 15.0 Å². The van der Waals surface area contributed by atoms with Gasteiger partial charge in [0.25, 0.3) is 0 Å². The zero-order valence-corrected chi connectivity index (χ0v) is 28.8. The number of aryl methyl sites for hydroxylation is 4. The second-order valence-electron chi connectivity index (χ2n) is 13.3. The average molecular weight is 635 g/mol. The molecule has 2 heterocycles. The largest absolute Gasteiger partial charge is 0.309 e. The molecule has 8 rings (SSSR count). The molecule has 0 amide bonds. The number of hydrogen-bond acceptors (Lipinski definition) is 3. The van der Waals surface area contributed by atoms with Crippen molar-refractivity contribution in [2.75, 3.05) is 0 Å². The summed E-state index contributed by atoms with van der Waals surface area (Å²) in [4.78, 5) is 13.9. The molecule has 2 aromatic heterocycles. The fourth-order valence-electron chi connectivity index (χ4n) is 7.48. The van der Waals surface area contributed by atoms with Gasteiger partial charge in [0.05, 0.1) is 16.7 Å². The molecule has 0 saturated heterocycles. The molecule has 0 aliphatic carbocycles. The Kier molecular flexibility index (Phi) is 7.45. The Bertz CT molecular complexity index is 2490. The van der Waals surface area contributed by atoms with Crippen molar-refractivity contribution in [3.05, 3.63) is 155 Å². The third kappa shape index (κ3) is 5.21. The van der Waals surface area contributed by atoms with Crippen LogP contribution in [0.5, 0.6) is 0 Å². The fourth-order valence-corrected chi connectivity index (χ4v) is 7.48. The summed E-state index contributed by atoms with van der Waals surface area (Å²) in [6.45, 7) is 13.3. The van der Waals surface area contributed by atoms with E-state index in [2.05, 4.69) is 141 Å². The SMILES string of the molecule is Cc1cc(C)c(C)c(-c2ccc3c(c2)c2cc(-c4ccccc4)ccc2n3-c2c(C)cc(-c3ncnc(-c4ccccc4)n3)cc2C)c1C. The highest BCUT2D eigenvalue weighted by molar-refractivity contribution is 6.12. The molecule has 4 heteroatoms. The van der Waals surface area contributed by atoms with Crippen LogP contribution in [0.25, 0.3) is 72.5 Å². The standard InChI is InChI=1S/C45H38N4/c1-27-21-28(2)32(6)42(31(27)5)36-18-20-41-39(25-36)38-24-35(33-13-9-7-10-14-33)17-19-40(38)49(41)43-29(3)22-37(23-30(43)4)45-47-26-46-44(48-45)34-15-11-8-12-16-34/h7-26H,1-6H3. The summed E-state index contributed by atoms with van der Waals surface area (Å²) in [6.07, 6.45) is 1.61. The molecule has 0 radical (unpaired) electrons. The molecule has 0 spiro atoms. The van der Waals surface area contributed by atoms with E-state index in [9.17, 15) is 0 Å². The van der Waals surface area contributed by atoms with Crippen LogP contribution in [0.3, 0.4) is 0 Å². The molecule has 8 aromatic rings. The van der Waals surface area contributed by atoms with Crippen LogP contribution in [0.4, 0.5) is 0 Å². The highest BCUT2D eigenvalue weighted by atomic mass is 15.0. The van der Waals surface area contributed by atoms with E-state index < -0.39 is 0 Å². The van der Waals surface area contributed by atoms with E-state index in [0.29, 0.717) is 11.6 Å². The second kappa shape index (κ2) is 12.0. The first-order valence-corrected chi connectivity index (χ1v) is 16.9. The van der Waals surface area contributed by atoms with Crippen molar-refractivity contribution in [3.63, 3.8) is 0 Å². The van der Waals surface area contributed by atoms with Crippen molar-refractivity contribution in [2.24, 2.45) is 0 Å². The molecular weight excluding hydrogens is 597 g/mol. The third-order valence-corrected chi connectivity index (χ3v) is 10.1. The van der Waals surface area contributed by atoms with Crippen LogP contribution in [0.15, 0.2) is 122 Å². The van der Waals surface area contributed by atoms with Crippen LogP contribution in [0.2, 0.25) is 0 Å². The van der Waals surface area contributed by atoms with E-state index in [1.54, 1.807) is 6.33 Å². The van der Waals surface area contributed by atoms with E-state index in [0.717, 1.165) is 22.3 Å². The number of rotatable bonds is 5. The van der Waals surface area contributed by atoms with Crippen molar-refractivity contribution in [1.82, 2.24) is 19.5 Å². The zero-order chi connectivity index (χ0) is 33.8. The Labute approximate surface area is 287 Å². The second-order valence-corrected chi connectivity index (χ2v) is 13.3. The third-order valence-electron chi connectivity index (χ3n) is 10.1. The van der Waals surface area contributed by atoms with Gasteiger partial charge in [0.1, 0.15) is 6.33 Å². The highest BCUT2D eigenvalue weighted by Gasteiger charge is 2.20. The van der Waals surface area contributed by atoms with E-state index in [-0.39, 0.29) is 0 Å². The zero-order valence-electron chi connectivity index (χ0n) is 28.8. The number of benzene rings is 6. The van der Waals surface area contributed by atoms with Crippen LogP contribution in [0.1, 0.15) is 33.4 Å². The van der Waals surface area contributed by atoms with E-state index in [1.807, 2.05) is 30.3 Å². The molecule has 4 nitrogen and oxygen atoms in total. The molecule has 6 aromatic carbocycles. The summed E-state index contributed by atoms with van der Waals surface area (Å²) < 4.78 is 2.45. The molecule has 238 valence electrons. The summed E-state index contributed by atoms with van der Waals surface area (Å²) in [5, 5.41) is 2.49. The lowest BCUT2D eigenvalue weighted by molar-refractivity contribution is 1.06. The van der Waals surface area contributed by atoms with Gasteiger partial charge in [-0.2, -0.15) is 0 Å². The lowest BCUT2D eigenvalue weighted by atomic mass is 9.89. The lowest BCUT2D eigenvalue weighted by Gasteiger charge is -2.17.